The van der Waals surface area contributed by atoms with Gasteiger partial charge in [-0.1, -0.05) is 42.5 Å². The highest BCUT2D eigenvalue weighted by Gasteiger charge is 2.26. The van der Waals surface area contributed by atoms with Gasteiger partial charge in [-0.3, -0.25) is 20.2 Å². The number of hydrogen-bond acceptors (Lipinski definition) is 6. The maximum absolute atomic E-state index is 12.2. The Hall–Kier alpha value is -2.98. The van der Waals surface area contributed by atoms with Gasteiger partial charge in [-0.25, -0.2) is 8.42 Å². The Balaban J connectivity index is 1.79. The lowest BCUT2D eigenvalue weighted by atomic mass is 10.2. The number of rotatable bonds is 5. The zero-order chi connectivity index (χ0) is 19.4. The SMILES string of the molecule is O=C1N/C(=N\S(=O)(=O)Cc2ccccc2)S/C1=C\c1cccc([N+](=O)[O-])c1. The lowest BCUT2D eigenvalue weighted by Crippen LogP contribution is -2.21. The Bertz CT molecular complexity index is 1060. The van der Waals surface area contributed by atoms with E-state index in [9.17, 15) is 23.3 Å². The number of benzene rings is 2. The molecule has 10 heteroatoms. The largest absolute Gasteiger partial charge is 0.300 e. The number of thioether (sulfide) groups is 1. The number of nitro benzene ring substituents is 1. The molecule has 1 amide bonds. The molecule has 1 saturated heterocycles. The van der Waals surface area contributed by atoms with Crippen molar-refractivity contribution in [3.8, 4) is 0 Å². The summed E-state index contributed by atoms with van der Waals surface area (Å²) in [5.74, 6) is -0.794. The molecule has 1 aliphatic heterocycles. The topological polar surface area (TPSA) is 119 Å². The van der Waals surface area contributed by atoms with Crippen molar-refractivity contribution in [2.75, 3.05) is 0 Å². The van der Waals surface area contributed by atoms with E-state index in [-0.39, 0.29) is 21.5 Å². The second-order valence-electron chi connectivity index (χ2n) is 5.53. The quantitative estimate of drug-likeness (QED) is 0.466. The number of non-ortho nitro benzene ring substituents is 1. The number of nitro groups is 1. The highest BCUT2D eigenvalue weighted by molar-refractivity contribution is 8.19. The van der Waals surface area contributed by atoms with Gasteiger partial charge in [0.15, 0.2) is 5.17 Å². The van der Waals surface area contributed by atoms with Gasteiger partial charge < -0.3 is 0 Å². The molecule has 0 bridgehead atoms. The molecular formula is C17H13N3O5S2. The van der Waals surface area contributed by atoms with Gasteiger partial charge in [0, 0.05) is 12.1 Å². The van der Waals surface area contributed by atoms with E-state index in [4.69, 9.17) is 0 Å². The summed E-state index contributed by atoms with van der Waals surface area (Å²) in [7, 11) is -3.82. The standard InChI is InChI=1S/C17H13N3O5S2/c21-16-15(10-13-7-4-8-14(9-13)20(22)23)26-17(18-16)19-27(24,25)11-12-5-2-1-3-6-12/h1-10H,11H2,(H,18,19,21)/b15-10-. The first-order chi connectivity index (χ1) is 12.8. The molecule has 1 aliphatic rings. The first-order valence-electron chi connectivity index (χ1n) is 7.64. The van der Waals surface area contributed by atoms with Crippen molar-refractivity contribution in [2.24, 2.45) is 4.40 Å². The minimum Gasteiger partial charge on any atom is -0.300 e. The molecule has 0 spiro atoms. The van der Waals surface area contributed by atoms with Gasteiger partial charge >= 0.3 is 0 Å². The summed E-state index contributed by atoms with van der Waals surface area (Å²) >= 11 is 0.867. The Morgan fingerprint density at radius 3 is 2.59 bits per heavy atom. The van der Waals surface area contributed by atoms with E-state index >= 15 is 0 Å². The number of amidine groups is 1. The molecule has 27 heavy (non-hydrogen) atoms. The maximum Gasteiger partial charge on any atom is 0.270 e. The molecule has 0 aromatic heterocycles. The van der Waals surface area contributed by atoms with Crippen LogP contribution in [0.15, 0.2) is 63.9 Å². The molecule has 0 saturated carbocycles. The monoisotopic (exact) mass is 403 g/mol. The second kappa shape index (κ2) is 7.72. The molecular weight excluding hydrogens is 390 g/mol. The molecule has 138 valence electrons. The van der Waals surface area contributed by atoms with Crippen LogP contribution < -0.4 is 5.32 Å². The van der Waals surface area contributed by atoms with Crippen molar-refractivity contribution in [2.45, 2.75) is 5.75 Å². The number of carbonyl (C=O) groups is 1. The average Bonchev–Trinajstić information content (AvgIpc) is 2.93. The number of nitrogens with one attached hydrogen (secondary N) is 1. The molecule has 1 fully saturated rings. The molecule has 1 heterocycles. The Kier molecular flexibility index (Phi) is 5.38. The van der Waals surface area contributed by atoms with Gasteiger partial charge in [-0.15, -0.1) is 4.40 Å². The third-order valence-corrected chi connectivity index (χ3v) is 5.63. The van der Waals surface area contributed by atoms with E-state index in [1.54, 1.807) is 36.4 Å². The summed E-state index contributed by atoms with van der Waals surface area (Å²) in [4.78, 5) is 22.5. The van der Waals surface area contributed by atoms with Crippen LogP contribution in [0.5, 0.6) is 0 Å². The van der Waals surface area contributed by atoms with Gasteiger partial charge in [-0.2, -0.15) is 0 Å². The summed E-state index contributed by atoms with van der Waals surface area (Å²) in [6.45, 7) is 0. The van der Waals surface area contributed by atoms with Crippen LogP contribution in [0.2, 0.25) is 0 Å². The van der Waals surface area contributed by atoms with Gasteiger partial charge in [0.1, 0.15) is 0 Å². The van der Waals surface area contributed by atoms with E-state index < -0.39 is 20.9 Å². The van der Waals surface area contributed by atoms with Crippen LogP contribution in [0.25, 0.3) is 6.08 Å². The number of carbonyl (C=O) groups excluding carboxylic acids is 1. The van der Waals surface area contributed by atoms with Crippen molar-refractivity contribution >= 4 is 44.6 Å². The molecule has 1 N–H and O–H groups in total. The molecule has 2 aromatic rings. The minimum absolute atomic E-state index is 0.0485. The molecule has 8 nitrogen and oxygen atoms in total. The van der Waals surface area contributed by atoms with Crippen LogP contribution in [-0.4, -0.2) is 24.4 Å². The summed E-state index contributed by atoms with van der Waals surface area (Å²) in [5, 5.41) is 13.2. The van der Waals surface area contributed by atoms with Gasteiger partial charge in [-0.05, 0) is 29.0 Å². The minimum atomic E-state index is -3.82. The Morgan fingerprint density at radius 1 is 1.15 bits per heavy atom. The first kappa shape index (κ1) is 18.8. The number of amides is 1. The highest BCUT2D eigenvalue weighted by atomic mass is 32.2. The summed E-state index contributed by atoms with van der Waals surface area (Å²) in [5.41, 5.74) is 0.936. The van der Waals surface area contributed by atoms with E-state index in [1.807, 2.05) is 0 Å². The lowest BCUT2D eigenvalue weighted by Gasteiger charge is -2.00. The highest BCUT2D eigenvalue weighted by Crippen LogP contribution is 2.27. The summed E-state index contributed by atoms with van der Waals surface area (Å²) in [6, 6.07) is 14.3. The fraction of sp³-hybridized carbons (Fsp3) is 0.0588. The van der Waals surface area contributed by atoms with Crippen molar-refractivity contribution in [3.05, 3.63) is 80.7 Å². The van der Waals surface area contributed by atoms with Crippen LogP contribution >= 0.6 is 11.8 Å². The molecule has 0 radical (unpaired) electrons. The third kappa shape index (κ3) is 5.02. The van der Waals surface area contributed by atoms with Gasteiger partial charge in [0.05, 0.1) is 15.6 Å². The van der Waals surface area contributed by atoms with E-state index in [0.717, 1.165) is 11.8 Å². The summed E-state index contributed by atoms with van der Waals surface area (Å²) < 4.78 is 28.1. The zero-order valence-electron chi connectivity index (χ0n) is 13.7. The number of hydrogen-bond donors (Lipinski definition) is 1. The van der Waals surface area contributed by atoms with Crippen molar-refractivity contribution < 1.29 is 18.1 Å². The molecule has 0 atom stereocenters. The predicted octanol–water partition coefficient (Wildman–Crippen LogP) is 2.68. The lowest BCUT2D eigenvalue weighted by molar-refractivity contribution is -0.384. The fourth-order valence-electron chi connectivity index (χ4n) is 2.29. The maximum atomic E-state index is 12.2. The molecule has 2 aromatic carbocycles. The van der Waals surface area contributed by atoms with Crippen LogP contribution in [0.3, 0.4) is 0 Å². The van der Waals surface area contributed by atoms with Crippen LogP contribution in [0.4, 0.5) is 5.69 Å². The molecule has 3 rings (SSSR count). The Labute approximate surface area is 159 Å². The van der Waals surface area contributed by atoms with Gasteiger partial charge in [0.25, 0.3) is 21.6 Å². The first-order valence-corrected chi connectivity index (χ1v) is 10.1. The molecule has 0 unspecified atom stereocenters. The van der Waals surface area contributed by atoms with Crippen LogP contribution in [-0.2, 0) is 20.6 Å². The van der Waals surface area contributed by atoms with Crippen molar-refractivity contribution in [1.82, 2.24) is 5.32 Å². The summed E-state index contributed by atoms with van der Waals surface area (Å²) in [6.07, 6.45) is 1.44. The van der Waals surface area contributed by atoms with Crippen LogP contribution in [0, 0.1) is 10.1 Å². The van der Waals surface area contributed by atoms with E-state index in [2.05, 4.69) is 9.71 Å². The normalized spacial score (nSPS) is 17.3. The van der Waals surface area contributed by atoms with Crippen molar-refractivity contribution in [3.63, 3.8) is 0 Å². The zero-order valence-corrected chi connectivity index (χ0v) is 15.4. The third-order valence-electron chi connectivity index (χ3n) is 3.44. The average molecular weight is 403 g/mol. The van der Waals surface area contributed by atoms with Crippen molar-refractivity contribution in [1.29, 1.82) is 0 Å². The van der Waals surface area contributed by atoms with E-state index in [0.29, 0.717) is 11.1 Å². The number of nitrogens with zero attached hydrogens (tertiary/aromatic N) is 2. The fourth-order valence-corrected chi connectivity index (χ4v) is 4.45. The van der Waals surface area contributed by atoms with Crippen LogP contribution in [0.1, 0.15) is 11.1 Å². The molecule has 0 aliphatic carbocycles. The second-order valence-corrected chi connectivity index (χ2v) is 8.19. The number of sulfonamides is 1. The van der Waals surface area contributed by atoms with E-state index in [1.165, 1.54) is 24.3 Å². The smallest absolute Gasteiger partial charge is 0.270 e. The Morgan fingerprint density at radius 2 is 1.89 bits per heavy atom. The predicted molar refractivity (Wildman–Crippen MR) is 103 cm³/mol. The van der Waals surface area contributed by atoms with Gasteiger partial charge in [0.2, 0.25) is 0 Å².